The molecule has 2 aromatic rings. The Kier molecular flexibility index (Phi) is 4.64. The summed E-state index contributed by atoms with van der Waals surface area (Å²) in [4.78, 5) is 0. The highest BCUT2D eigenvalue weighted by atomic mass is 16.5. The van der Waals surface area contributed by atoms with Gasteiger partial charge in [0.2, 0.25) is 0 Å². The summed E-state index contributed by atoms with van der Waals surface area (Å²) in [5.74, 6) is 1.60. The lowest BCUT2D eigenvalue weighted by Crippen LogP contribution is -2.11. The first kappa shape index (κ1) is 14.4. The van der Waals surface area contributed by atoms with Crippen LogP contribution in [-0.2, 0) is 0 Å². The zero-order valence-corrected chi connectivity index (χ0v) is 12.4. The SMILES string of the molecule is CNC(C)c1ccc(-c2cc(OC)cc(OC)c2)cc1. The van der Waals surface area contributed by atoms with Gasteiger partial charge in [-0.2, -0.15) is 0 Å². The van der Waals surface area contributed by atoms with E-state index in [2.05, 4.69) is 36.5 Å². The number of hydrogen-bond acceptors (Lipinski definition) is 3. The molecular weight excluding hydrogens is 250 g/mol. The van der Waals surface area contributed by atoms with E-state index >= 15 is 0 Å². The van der Waals surface area contributed by atoms with Crippen LogP contribution >= 0.6 is 0 Å². The zero-order chi connectivity index (χ0) is 14.5. The summed E-state index contributed by atoms with van der Waals surface area (Å²) in [5, 5.41) is 3.24. The van der Waals surface area contributed by atoms with Gasteiger partial charge in [-0.05, 0) is 42.8 Å². The second-order valence-corrected chi connectivity index (χ2v) is 4.73. The highest BCUT2D eigenvalue weighted by Gasteiger charge is 2.06. The van der Waals surface area contributed by atoms with Crippen molar-refractivity contribution in [2.75, 3.05) is 21.3 Å². The molecule has 1 N–H and O–H groups in total. The maximum atomic E-state index is 5.31. The molecule has 0 aromatic heterocycles. The molecule has 2 rings (SSSR count). The maximum absolute atomic E-state index is 5.31. The Hall–Kier alpha value is -2.00. The van der Waals surface area contributed by atoms with Crippen LogP contribution < -0.4 is 14.8 Å². The fourth-order valence-corrected chi connectivity index (χ4v) is 2.11. The Labute approximate surface area is 120 Å². The van der Waals surface area contributed by atoms with E-state index in [1.54, 1.807) is 14.2 Å². The van der Waals surface area contributed by atoms with Gasteiger partial charge in [0.05, 0.1) is 14.2 Å². The molecule has 1 unspecified atom stereocenters. The lowest BCUT2D eigenvalue weighted by molar-refractivity contribution is 0.394. The predicted octanol–water partition coefficient (Wildman–Crippen LogP) is 3.65. The predicted molar refractivity (Wildman–Crippen MR) is 82.5 cm³/mol. The molecule has 0 saturated carbocycles. The fourth-order valence-electron chi connectivity index (χ4n) is 2.11. The molecule has 20 heavy (non-hydrogen) atoms. The standard InChI is InChI=1S/C17H21NO2/c1-12(18-2)13-5-7-14(8-6-13)15-9-16(19-3)11-17(10-15)20-4/h5-12,18H,1-4H3. The molecule has 0 saturated heterocycles. The van der Waals surface area contributed by atoms with Gasteiger partial charge in [0, 0.05) is 12.1 Å². The molecule has 0 amide bonds. The van der Waals surface area contributed by atoms with Crippen molar-refractivity contribution in [1.29, 1.82) is 0 Å². The molecule has 0 aliphatic carbocycles. The van der Waals surface area contributed by atoms with Gasteiger partial charge in [-0.3, -0.25) is 0 Å². The number of rotatable bonds is 5. The largest absolute Gasteiger partial charge is 0.497 e. The second kappa shape index (κ2) is 6.44. The topological polar surface area (TPSA) is 30.5 Å². The number of nitrogens with one attached hydrogen (secondary N) is 1. The average Bonchev–Trinajstić information content (AvgIpc) is 2.53. The van der Waals surface area contributed by atoms with Crippen molar-refractivity contribution in [2.45, 2.75) is 13.0 Å². The first-order valence-electron chi connectivity index (χ1n) is 6.68. The summed E-state index contributed by atoms with van der Waals surface area (Å²) >= 11 is 0. The highest BCUT2D eigenvalue weighted by molar-refractivity contribution is 5.67. The third-order valence-electron chi connectivity index (χ3n) is 3.53. The van der Waals surface area contributed by atoms with Gasteiger partial charge in [0.1, 0.15) is 11.5 Å². The van der Waals surface area contributed by atoms with E-state index in [0.29, 0.717) is 6.04 Å². The van der Waals surface area contributed by atoms with E-state index < -0.39 is 0 Å². The van der Waals surface area contributed by atoms with Gasteiger partial charge in [0.15, 0.2) is 0 Å². The number of ether oxygens (including phenoxy) is 2. The van der Waals surface area contributed by atoms with Crippen molar-refractivity contribution >= 4 is 0 Å². The van der Waals surface area contributed by atoms with Crippen LogP contribution in [0.3, 0.4) is 0 Å². The van der Waals surface area contributed by atoms with Crippen LogP contribution in [0.15, 0.2) is 42.5 Å². The lowest BCUT2D eigenvalue weighted by atomic mass is 10.0. The van der Waals surface area contributed by atoms with Crippen molar-refractivity contribution < 1.29 is 9.47 Å². The molecule has 0 aliphatic heterocycles. The summed E-state index contributed by atoms with van der Waals surface area (Å²) in [6.07, 6.45) is 0. The Bertz CT molecular complexity index is 541. The highest BCUT2D eigenvalue weighted by Crippen LogP contribution is 2.30. The minimum absolute atomic E-state index is 0.351. The van der Waals surface area contributed by atoms with Crippen molar-refractivity contribution in [2.24, 2.45) is 0 Å². The average molecular weight is 271 g/mol. The maximum Gasteiger partial charge on any atom is 0.123 e. The molecule has 0 spiro atoms. The smallest absolute Gasteiger partial charge is 0.123 e. The first-order valence-corrected chi connectivity index (χ1v) is 6.68. The van der Waals surface area contributed by atoms with E-state index in [1.165, 1.54) is 5.56 Å². The van der Waals surface area contributed by atoms with Gasteiger partial charge in [-0.15, -0.1) is 0 Å². The van der Waals surface area contributed by atoms with E-state index in [-0.39, 0.29) is 0 Å². The summed E-state index contributed by atoms with van der Waals surface area (Å²) in [6, 6.07) is 14.8. The van der Waals surface area contributed by atoms with Gasteiger partial charge >= 0.3 is 0 Å². The van der Waals surface area contributed by atoms with Crippen LogP contribution in [0.5, 0.6) is 11.5 Å². The summed E-state index contributed by atoms with van der Waals surface area (Å²) in [7, 11) is 5.29. The van der Waals surface area contributed by atoms with E-state index in [1.807, 2.05) is 25.2 Å². The third-order valence-corrected chi connectivity index (χ3v) is 3.53. The molecule has 2 aromatic carbocycles. The van der Waals surface area contributed by atoms with Crippen LogP contribution in [0.1, 0.15) is 18.5 Å². The minimum atomic E-state index is 0.351. The van der Waals surface area contributed by atoms with Crippen molar-refractivity contribution in [3.63, 3.8) is 0 Å². The van der Waals surface area contributed by atoms with Crippen LogP contribution in [0, 0.1) is 0 Å². The fraction of sp³-hybridized carbons (Fsp3) is 0.294. The minimum Gasteiger partial charge on any atom is -0.497 e. The summed E-state index contributed by atoms with van der Waals surface area (Å²) in [6.45, 7) is 2.14. The Balaban J connectivity index is 2.35. The molecule has 0 heterocycles. The van der Waals surface area contributed by atoms with E-state index in [4.69, 9.17) is 9.47 Å². The molecule has 0 bridgehead atoms. The van der Waals surface area contributed by atoms with Crippen LogP contribution in [-0.4, -0.2) is 21.3 Å². The molecule has 1 atom stereocenters. The normalized spacial score (nSPS) is 12.0. The number of benzene rings is 2. The summed E-state index contributed by atoms with van der Waals surface area (Å²) in [5.41, 5.74) is 3.50. The lowest BCUT2D eigenvalue weighted by Gasteiger charge is -2.12. The molecule has 3 heteroatoms. The van der Waals surface area contributed by atoms with Gasteiger partial charge in [-0.25, -0.2) is 0 Å². The van der Waals surface area contributed by atoms with E-state index in [0.717, 1.165) is 22.6 Å². The van der Waals surface area contributed by atoms with Crippen LogP contribution in [0.25, 0.3) is 11.1 Å². The monoisotopic (exact) mass is 271 g/mol. The van der Waals surface area contributed by atoms with Crippen molar-refractivity contribution in [3.8, 4) is 22.6 Å². The molecule has 0 radical (unpaired) electrons. The third kappa shape index (κ3) is 3.11. The van der Waals surface area contributed by atoms with Crippen LogP contribution in [0.2, 0.25) is 0 Å². The molecular formula is C17H21NO2. The Morgan fingerprint density at radius 3 is 1.85 bits per heavy atom. The van der Waals surface area contributed by atoms with Crippen LogP contribution in [0.4, 0.5) is 0 Å². The first-order chi connectivity index (χ1) is 9.67. The molecule has 0 fully saturated rings. The Morgan fingerprint density at radius 2 is 1.40 bits per heavy atom. The molecule has 0 aliphatic rings. The Morgan fingerprint density at radius 1 is 0.850 bits per heavy atom. The van der Waals surface area contributed by atoms with Gasteiger partial charge in [-0.1, -0.05) is 24.3 Å². The zero-order valence-electron chi connectivity index (χ0n) is 12.4. The van der Waals surface area contributed by atoms with Crippen molar-refractivity contribution in [3.05, 3.63) is 48.0 Å². The van der Waals surface area contributed by atoms with E-state index in [9.17, 15) is 0 Å². The van der Waals surface area contributed by atoms with Gasteiger partial charge in [0.25, 0.3) is 0 Å². The second-order valence-electron chi connectivity index (χ2n) is 4.73. The molecule has 3 nitrogen and oxygen atoms in total. The number of methoxy groups -OCH3 is 2. The molecule has 106 valence electrons. The summed E-state index contributed by atoms with van der Waals surface area (Å²) < 4.78 is 10.6. The van der Waals surface area contributed by atoms with Gasteiger partial charge < -0.3 is 14.8 Å². The van der Waals surface area contributed by atoms with Crippen molar-refractivity contribution in [1.82, 2.24) is 5.32 Å². The quantitative estimate of drug-likeness (QED) is 0.900. The number of hydrogen-bond donors (Lipinski definition) is 1.